The van der Waals surface area contributed by atoms with E-state index in [0.29, 0.717) is 22.3 Å². The Bertz CT molecular complexity index is 789. The van der Waals surface area contributed by atoms with Gasteiger partial charge in [0.05, 0.1) is 11.0 Å². The van der Waals surface area contributed by atoms with Gasteiger partial charge in [0.2, 0.25) is 0 Å². The summed E-state index contributed by atoms with van der Waals surface area (Å²) in [6, 6.07) is 11.6. The average Bonchev–Trinajstić information content (AvgIpc) is 2.42. The molecule has 1 heterocycles. The molecule has 100 valence electrons. The number of nitrogen functional groups attached to an aromatic ring is 1. The van der Waals surface area contributed by atoms with Gasteiger partial charge in [-0.1, -0.05) is 12.1 Å². The summed E-state index contributed by atoms with van der Waals surface area (Å²) < 4.78 is 18.7. The molecular formula is C15H12FN3O. The lowest BCUT2D eigenvalue weighted by Gasteiger charge is -2.10. The van der Waals surface area contributed by atoms with Gasteiger partial charge in [-0.2, -0.15) is 0 Å². The molecule has 4 nitrogen and oxygen atoms in total. The van der Waals surface area contributed by atoms with Crippen molar-refractivity contribution < 1.29 is 9.13 Å². The van der Waals surface area contributed by atoms with E-state index in [1.165, 1.54) is 12.1 Å². The number of nitrogens with zero attached hydrogens (tertiary/aromatic N) is 2. The molecule has 0 amide bonds. The normalized spacial score (nSPS) is 10.7. The maximum absolute atomic E-state index is 13.1. The minimum absolute atomic E-state index is 0.201. The Morgan fingerprint density at radius 1 is 1.05 bits per heavy atom. The summed E-state index contributed by atoms with van der Waals surface area (Å²) >= 11 is 0. The monoisotopic (exact) mass is 269 g/mol. The van der Waals surface area contributed by atoms with Crippen molar-refractivity contribution in [3.8, 4) is 11.6 Å². The number of hydrogen-bond acceptors (Lipinski definition) is 4. The number of ether oxygens (including phenoxy) is 1. The van der Waals surface area contributed by atoms with Crippen LogP contribution in [0.25, 0.3) is 11.0 Å². The van der Waals surface area contributed by atoms with Gasteiger partial charge in [0, 0.05) is 0 Å². The minimum Gasteiger partial charge on any atom is -0.436 e. The van der Waals surface area contributed by atoms with E-state index >= 15 is 0 Å². The maximum Gasteiger partial charge on any atom is 0.263 e. The third-order valence-corrected chi connectivity index (χ3v) is 2.91. The lowest BCUT2D eigenvalue weighted by atomic mass is 10.2. The highest BCUT2D eigenvalue weighted by atomic mass is 19.1. The van der Waals surface area contributed by atoms with Crippen LogP contribution < -0.4 is 10.5 Å². The molecular weight excluding hydrogens is 257 g/mol. The zero-order valence-electron chi connectivity index (χ0n) is 10.8. The summed E-state index contributed by atoms with van der Waals surface area (Å²) in [4.78, 5) is 8.57. The third-order valence-electron chi connectivity index (χ3n) is 2.91. The quantitative estimate of drug-likeness (QED) is 0.774. The second-order valence-corrected chi connectivity index (χ2v) is 4.41. The lowest BCUT2D eigenvalue weighted by molar-refractivity contribution is 0.460. The van der Waals surface area contributed by atoms with Crippen molar-refractivity contribution in [3.05, 3.63) is 53.8 Å². The van der Waals surface area contributed by atoms with Gasteiger partial charge in [0.15, 0.2) is 5.82 Å². The third kappa shape index (κ3) is 2.25. The van der Waals surface area contributed by atoms with E-state index in [4.69, 9.17) is 10.5 Å². The van der Waals surface area contributed by atoms with Crippen molar-refractivity contribution in [2.24, 2.45) is 0 Å². The van der Waals surface area contributed by atoms with Crippen molar-refractivity contribution in [2.75, 3.05) is 5.73 Å². The number of hydrogen-bond donors (Lipinski definition) is 1. The molecule has 0 spiro atoms. The zero-order valence-corrected chi connectivity index (χ0v) is 10.8. The SMILES string of the molecule is Cc1cc(F)ccc1Oc1nc2ccccc2nc1N. The van der Waals surface area contributed by atoms with E-state index in [1.807, 2.05) is 24.3 Å². The van der Waals surface area contributed by atoms with Crippen molar-refractivity contribution >= 4 is 16.9 Å². The highest BCUT2D eigenvalue weighted by molar-refractivity contribution is 5.76. The molecule has 1 aromatic heterocycles. The first-order chi connectivity index (χ1) is 9.63. The van der Waals surface area contributed by atoms with Gasteiger partial charge in [-0.3, -0.25) is 0 Å². The Labute approximate surface area is 115 Å². The van der Waals surface area contributed by atoms with Crippen molar-refractivity contribution in [1.29, 1.82) is 0 Å². The first-order valence-electron chi connectivity index (χ1n) is 6.10. The van der Waals surface area contributed by atoms with Crippen molar-refractivity contribution in [1.82, 2.24) is 9.97 Å². The van der Waals surface area contributed by atoms with Crippen LogP contribution in [0.5, 0.6) is 11.6 Å². The standard InChI is InChI=1S/C15H12FN3O/c1-9-8-10(16)6-7-13(9)20-15-14(17)18-11-4-2-3-5-12(11)19-15/h2-8H,1H3,(H2,17,18). The molecule has 0 fully saturated rings. The Morgan fingerprint density at radius 3 is 2.45 bits per heavy atom. The van der Waals surface area contributed by atoms with E-state index < -0.39 is 0 Å². The van der Waals surface area contributed by atoms with Crippen LogP contribution in [0.3, 0.4) is 0 Å². The summed E-state index contributed by atoms with van der Waals surface area (Å²) in [6.07, 6.45) is 0. The molecule has 2 aromatic carbocycles. The highest BCUT2D eigenvalue weighted by Crippen LogP contribution is 2.28. The molecule has 3 rings (SSSR count). The zero-order chi connectivity index (χ0) is 14.1. The first kappa shape index (κ1) is 12.3. The molecule has 0 saturated carbocycles. The molecule has 2 N–H and O–H groups in total. The minimum atomic E-state index is -0.313. The molecule has 0 aliphatic carbocycles. The largest absolute Gasteiger partial charge is 0.436 e. The molecule has 0 atom stereocenters. The molecule has 3 aromatic rings. The topological polar surface area (TPSA) is 61.0 Å². The molecule has 0 bridgehead atoms. The summed E-state index contributed by atoms with van der Waals surface area (Å²) in [7, 11) is 0. The van der Waals surface area contributed by atoms with Crippen LogP contribution in [0.1, 0.15) is 5.56 Å². The predicted molar refractivity (Wildman–Crippen MR) is 75.2 cm³/mol. The number of rotatable bonds is 2. The summed E-state index contributed by atoms with van der Waals surface area (Å²) in [5.74, 6) is 0.612. The highest BCUT2D eigenvalue weighted by Gasteiger charge is 2.10. The van der Waals surface area contributed by atoms with Crippen molar-refractivity contribution in [3.63, 3.8) is 0 Å². The number of anilines is 1. The molecule has 5 heteroatoms. The number of nitrogens with two attached hydrogens (primary N) is 1. The van der Waals surface area contributed by atoms with Crippen LogP contribution >= 0.6 is 0 Å². The molecule has 0 aliphatic heterocycles. The fraction of sp³-hybridized carbons (Fsp3) is 0.0667. The van der Waals surface area contributed by atoms with E-state index in [0.717, 1.165) is 0 Å². The van der Waals surface area contributed by atoms with Crippen LogP contribution in [0.4, 0.5) is 10.2 Å². The van der Waals surface area contributed by atoms with Gasteiger partial charge < -0.3 is 10.5 Å². The predicted octanol–water partition coefficient (Wildman–Crippen LogP) is 3.45. The number of para-hydroxylation sites is 2. The Balaban J connectivity index is 2.03. The summed E-state index contributed by atoms with van der Waals surface area (Å²) in [5, 5.41) is 0. The number of halogens is 1. The van der Waals surface area contributed by atoms with Gasteiger partial charge in [0.1, 0.15) is 11.6 Å². The first-order valence-corrected chi connectivity index (χ1v) is 6.10. The second kappa shape index (κ2) is 4.77. The Morgan fingerprint density at radius 2 is 1.75 bits per heavy atom. The van der Waals surface area contributed by atoms with E-state index in [1.54, 1.807) is 13.0 Å². The average molecular weight is 269 g/mol. The van der Waals surface area contributed by atoms with Crippen LogP contribution in [-0.4, -0.2) is 9.97 Å². The fourth-order valence-corrected chi connectivity index (χ4v) is 1.90. The number of aromatic nitrogens is 2. The van der Waals surface area contributed by atoms with Crippen LogP contribution in [0.2, 0.25) is 0 Å². The van der Waals surface area contributed by atoms with Crippen molar-refractivity contribution in [2.45, 2.75) is 6.92 Å². The summed E-state index contributed by atoms with van der Waals surface area (Å²) in [5.41, 5.74) is 7.90. The Hall–Kier alpha value is -2.69. The van der Waals surface area contributed by atoms with Gasteiger partial charge in [-0.05, 0) is 42.8 Å². The number of aryl methyl sites for hydroxylation is 1. The van der Waals surface area contributed by atoms with Gasteiger partial charge in [-0.15, -0.1) is 0 Å². The van der Waals surface area contributed by atoms with Crippen LogP contribution in [-0.2, 0) is 0 Å². The van der Waals surface area contributed by atoms with Gasteiger partial charge in [0.25, 0.3) is 5.88 Å². The number of fused-ring (bicyclic) bond motifs is 1. The smallest absolute Gasteiger partial charge is 0.263 e. The van der Waals surface area contributed by atoms with Gasteiger partial charge in [-0.25, -0.2) is 14.4 Å². The number of benzene rings is 2. The Kier molecular flexibility index (Phi) is 2.95. The second-order valence-electron chi connectivity index (χ2n) is 4.41. The molecule has 0 saturated heterocycles. The fourth-order valence-electron chi connectivity index (χ4n) is 1.90. The van der Waals surface area contributed by atoms with Crippen LogP contribution in [0.15, 0.2) is 42.5 Å². The van der Waals surface area contributed by atoms with E-state index in [9.17, 15) is 4.39 Å². The molecule has 0 radical (unpaired) electrons. The lowest BCUT2D eigenvalue weighted by Crippen LogP contribution is -2.00. The molecule has 0 unspecified atom stereocenters. The summed E-state index contributed by atoms with van der Waals surface area (Å²) in [6.45, 7) is 1.75. The van der Waals surface area contributed by atoms with E-state index in [-0.39, 0.29) is 17.5 Å². The van der Waals surface area contributed by atoms with Gasteiger partial charge >= 0.3 is 0 Å². The van der Waals surface area contributed by atoms with Crippen LogP contribution in [0, 0.1) is 12.7 Å². The molecule has 20 heavy (non-hydrogen) atoms. The van der Waals surface area contributed by atoms with E-state index in [2.05, 4.69) is 9.97 Å². The maximum atomic E-state index is 13.1. The molecule has 0 aliphatic rings.